The van der Waals surface area contributed by atoms with Crippen LogP contribution in [0.15, 0.2) is 0 Å². The maximum atomic E-state index is 13.1. The normalized spacial score (nSPS) is 24.0. The van der Waals surface area contributed by atoms with Crippen molar-refractivity contribution in [3.63, 3.8) is 0 Å². The van der Waals surface area contributed by atoms with Gasteiger partial charge >= 0.3 is 6.18 Å². The van der Waals surface area contributed by atoms with Gasteiger partial charge in [0.1, 0.15) is 17.6 Å². The summed E-state index contributed by atoms with van der Waals surface area (Å²) in [4.78, 5) is 0. The molecule has 22 heavy (non-hydrogen) atoms. The fraction of sp³-hybridized carbons (Fsp3) is 0.867. The molecule has 1 atom stereocenters. The average Bonchev–Trinajstić information content (AvgIpc) is 2.71. The molecule has 2 heterocycles. The Labute approximate surface area is 128 Å². The Kier molecular flexibility index (Phi) is 4.70. The Hall–Kier alpha value is -1.11. The first-order valence-electron chi connectivity index (χ1n) is 8.28. The highest BCUT2D eigenvalue weighted by Crippen LogP contribution is 2.40. The van der Waals surface area contributed by atoms with Crippen molar-refractivity contribution in [1.29, 1.82) is 0 Å². The average molecular weight is 316 g/mol. The number of rotatable bonds is 3. The Morgan fingerprint density at radius 2 is 1.73 bits per heavy atom. The molecule has 1 N–H and O–H groups in total. The van der Waals surface area contributed by atoms with Crippen molar-refractivity contribution in [2.24, 2.45) is 0 Å². The molecule has 7 heteroatoms. The van der Waals surface area contributed by atoms with Gasteiger partial charge in [-0.2, -0.15) is 13.2 Å². The van der Waals surface area contributed by atoms with Crippen LogP contribution in [0.2, 0.25) is 0 Å². The molecular formula is C15H23F3N4. The van der Waals surface area contributed by atoms with Crippen molar-refractivity contribution in [2.75, 3.05) is 0 Å². The molecule has 1 unspecified atom stereocenters. The van der Waals surface area contributed by atoms with E-state index in [1.54, 1.807) is 4.57 Å². The zero-order valence-corrected chi connectivity index (χ0v) is 12.7. The standard InChI is InChI=1S/C15H23F3N4/c16-15(17,18)12-8-5-9-22-13(20-21-14(12)22)10-19-11-6-3-1-2-4-7-11/h11-12,19H,1-10H2. The van der Waals surface area contributed by atoms with E-state index < -0.39 is 12.1 Å². The molecule has 2 aliphatic rings. The van der Waals surface area contributed by atoms with E-state index in [1.807, 2.05) is 0 Å². The fourth-order valence-electron chi connectivity index (χ4n) is 3.59. The first-order chi connectivity index (χ1) is 10.6. The number of nitrogens with zero attached hydrogens (tertiary/aromatic N) is 3. The molecular weight excluding hydrogens is 293 g/mol. The Bertz CT molecular complexity index is 489. The molecule has 0 bridgehead atoms. The highest BCUT2D eigenvalue weighted by molar-refractivity contribution is 5.07. The summed E-state index contributed by atoms with van der Waals surface area (Å²) in [5.74, 6) is -0.718. The minimum Gasteiger partial charge on any atom is -0.313 e. The van der Waals surface area contributed by atoms with Gasteiger partial charge in [-0.15, -0.1) is 10.2 Å². The number of alkyl halides is 3. The largest absolute Gasteiger partial charge is 0.398 e. The van der Waals surface area contributed by atoms with Gasteiger partial charge in [-0.1, -0.05) is 25.7 Å². The van der Waals surface area contributed by atoms with E-state index in [2.05, 4.69) is 15.5 Å². The van der Waals surface area contributed by atoms with Crippen LogP contribution in [0.3, 0.4) is 0 Å². The third-order valence-corrected chi connectivity index (χ3v) is 4.84. The van der Waals surface area contributed by atoms with Crippen LogP contribution < -0.4 is 5.32 Å². The molecule has 1 fully saturated rings. The van der Waals surface area contributed by atoms with Crippen molar-refractivity contribution in [1.82, 2.24) is 20.1 Å². The lowest BCUT2D eigenvalue weighted by Crippen LogP contribution is -2.31. The van der Waals surface area contributed by atoms with Gasteiger partial charge in [0.25, 0.3) is 0 Å². The number of halogens is 3. The predicted molar refractivity (Wildman–Crippen MR) is 76.4 cm³/mol. The molecule has 124 valence electrons. The lowest BCUT2D eigenvalue weighted by molar-refractivity contribution is -0.156. The topological polar surface area (TPSA) is 42.7 Å². The molecule has 4 nitrogen and oxygen atoms in total. The summed E-state index contributed by atoms with van der Waals surface area (Å²) in [5.41, 5.74) is 0. The van der Waals surface area contributed by atoms with Crippen LogP contribution in [-0.4, -0.2) is 27.0 Å². The molecule has 0 radical (unpaired) electrons. The van der Waals surface area contributed by atoms with Gasteiger partial charge < -0.3 is 9.88 Å². The van der Waals surface area contributed by atoms with Crippen molar-refractivity contribution in [2.45, 2.75) is 82.6 Å². The zero-order chi connectivity index (χ0) is 15.6. The van der Waals surface area contributed by atoms with E-state index in [-0.39, 0.29) is 12.2 Å². The van der Waals surface area contributed by atoms with E-state index in [0.29, 0.717) is 31.4 Å². The molecule has 1 aliphatic carbocycles. The monoisotopic (exact) mass is 316 g/mol. The van der Waals surface area contributed by atoms with Crippen LogP contribution in [0, 0.1) is 0 Å². The summed E-state index contributed by atoms with van der Waals surface area (Å²) in [7, 11) is 0. The van der Waals surface area contributed by atoms with Crippen molar-refractivity contribution < 1.29 is 13.2 Å². The second-order valence-corrected chi connectivity index (χ2v) is 6.43. The highest BCUT2D eigenvalue weighted by atomic mass is 19.4. The lowest BCUT2D eigenvalue weighted by atomic mass is 9.98. The van der Waals surface area contributed by atoms with Crippen LogP contribution in [0.5, 0.6) is 0 Å². The Morgan fingerprint density at radius 3 is 2.41 bits per heavy atom. The number of fused-ring (bicyclic) bond motifs is 1. The van der Waals surface area contributed by atoms with E-state index in [9.17, 15) is 13.2 Å². The van der Waals surface area contributed by atoms with Gasteiger partial charge in [-0.25, -0.2) is 0 Å². The Morgan fingerprint density at radius 1 is 1.00 bits per heavy atom. The maximum Gasteiger partial charge on any atom is 0.398 e. The molecule has 1 aliphatic heterocycles. The number of nitrogens with one attached hydrogen (secondary N) is 1. The van der Waals surface area contributed by atoms with Gasteiger partial charge in [-0.05, 0) is 25.7 Å². The first-order valence-corrected chi connectivity index (χ1v) is 8.28. The van der Waals surface area contributed by atoms with Gasteiger partial charge in [-0.3, -0.25) is 0 Å². The van der Waals surface area contributed by atoms with E-state index >= 15 is 0 Å². The van der Waals surface area contributed by atoms with Gasteiger partial charge in [0, 0.05) is 12.6 Å². The fourth-order valence-corrected chi connectivity index (χ4v) is 3.59. The van der Waals surface area contributed by atoms with Crippen LogP contribution in [-0.2, 0) is 13.1 Å². The SMILES string of the molecule is FC(F)(F)C1CCCn2c(CNC3CCCCCC3)nnc21. The van der Waals surface area contributed by atoms with Crippen LogP contribution >= 0.6 is 0 Å². The molecule has 1 saturated carbocycles. The number of hydrogen-bond donors (Lipinski definition) is 1. The second-order valence-electron chi connectivity index (χ2n) is 6.43. The minimum absolute atomic E-state index is 0.0939. The summed E-state index contributed by atoms with van der Waals surface area (Å²) < 4.78 is 40.8. The smallest absolute Gasteiger partial charge is 0.313 e. The summed E-state index contributed by atoms with van der Waals surface area (Å²) in [6.45, 7) is 1.11. The van der Waals surface area contributed by atoms with Crippen molar-refractivity contribution >= 4 is 0 Å². The van der Waals surface area contributed by atoms with E-state index in [4.69, 9.17) is 0 Å². The van der Waals surface area contributed by atoms with Crippen LogP contribution in [0.1, 0.15) is 68.9 Å². The third kappa shape index (κ3) is 3.45. The summed E-state index contributed by atoms with van der Waals surface area (Å²) in [6.07, 6.45) is 3.74. The molecule has 0 saturated heterocycles. The molecule has 0 amide bonds. The third-order valence-electron chi connectivity index (χ3n) is 4.84. The van der Waals surface area contributed by atoms with Crippen molar-refractivity contribution in [3.05, 3.63) is 11.6 Å². The summed E-state index contributed by atoms with van der Waals surface area (Å²) in [5, 5.41) is 11.3. The molecule has 3 rings (SSSR count). The first kappa shape index (κ1) is 15.8. The minimum atomic E-state index is -4.23. The van der Waals surface area contributed by atoms with E-state index in [0.717, 1.165) is 12.8 Å². The molecule has 0 aromatic carbocycles. The number of aromatic nitrogens is 3. The lowest BCUT2D eigenvalue weighted by Gasteiger charge is -2.25. The van der Waals surface area contributed by atoms with Gasteiger partial charge in [0.2, 0.25) is 0 Å². The van der Waals surface area contributed by atoms with Crippen LogP contribution in [0.25, 0.3) is 0 Å². The number of hydrogen-bond acceptors (Lipinski definition) is 3. The molecule has 0 spiro atoms. The van der Waals surface area contributed by atoms with Gasteiger partial charge in [0.05, 0.1) is 6.54 Å². The maximum absolute atomic E-state index is 13.1. The quantitative estimate of drug-likeness (QED) is 0.868. The Balaban J connectivity index is 1.67. The second kappa shape index (κ2) is 6.56. The summed E-state index contributed by atoms with van der Waals surface area (Å²) >= 11 is 0. The summed E-state index contributed by atoms with van der Waals surface area (Å²) in [6, 6.07) is 0.456. The van der Waals surface area contributed by atoms with E-state index in [1.165, 1.54) is 25.7 Å². The molecule has 1 aromatic rings. The van der Waals surface area contributed by atoms with Crippen molar-refractivity contribution in [3.8, 4) is 0 Å². The highest BCUT2D eigenvalue weighted by Gasteiger charge is 2.45. The van der Waals surface area contributed by atoms with Crippen LogP contribution in [0.4, 0.5) is 13.2 Å². The molecule has 1 aromatic heterocycles. The zero-order valence-electron chi connectivity index (χ0n) is 12.7. The van der Waals surface area contributed by atoms with Gasteiger partial charge in [0.15, 0.2) is 0 Å². The predicted octanol–water partition coefficient (Wildman–Crippen LogP) is 3.53.